The monoisotopic (exact) mass is 614 g/mol. The molecule has 3 atom stereocenters. The molecule has 3 heterocycles. The molecule has 4 rings (SSSR count). The lowest BCUT2D eigenvalue weighted by Gasteiger charge is -2.30. The molecule has 0 spiro atoms. The van der Waals surface area contributed by atoms with E-state index in [-0.39, 0.29) is 25.0 Å². The van der Waals surface area contributed by atoms with Gasteiger partial charge in [0.15, 0.2) is 10.8 Å². The highest BCUT2D eigenvalue weighted by Gasteiger charge is 2.45. The Hall–Kier alpha value is -2.77. The Morgan fingerprint density at radius 2 is 2.16 bits per heavy atom. The number of nitrogens with zero attached hydrogens (tertiary/aromatic N) is 3. The molecule has 0 bridgehead atoms. The predicted molar refractivity (Wildman–Crippen MR) is 139 cm³/mol. The van der Waals surface area contributed by atoms with Gasteiger partial charge < -0.3 is 15.2 Å². The van der Waals surface area contributed by atoms with Crippen LogP contribution in [0.5, 0.6) is 0 Å². The number of likely N-dealkylation sites (tertiary alicyclic amines) is 1. The molecule has 8 nitrogen and oxygen atoms in total. The quantitative estimate of drug-likeness (QED) is 0.392. The van der Waals surface area contributed by atoms with Crippen molar-refractivity contribution in [3.8, 4) is 0 Å². The first-order chi connectivity index (χ1) is 18.0. The van der Waals surface area contributed by atoms with Crippen LogP contribution < -0.4 is 5.32 Å². The molecule has 1 aromatic carbocycles. The maximum atomic E-state index is 14.4. The van der Waals surface area contributed by atoms with Crippen molar-refractivity contribution in [2.75, 3.05) is 20.2 Å². The van der Waals surface area contributed by atoms with Crippen molar-refractivity contribution in [2.24, 2.45) is 10.9 Å². The number of methoxy groups -OCH3 is 1. The van der Waals surface area contributed by atoms with E-state index in [2.05, 4.69) is 26.2 Å². The summed E-state index contributed by atoms with van der Waals surface area (Å²) in [5.74, 6) is -5.53. The maximum absolute atomic E-state index is 14.4. The van der Waals surface area contributed by atoms with E-state index < -0.39 is 54.6 Å². The van der Waals surface area contributed by atoms with Crippen molar-refractivity contribution in [2.45, 2.75) is 44.2 Å². The molecule has 2 aromatic rings. The number of esters is 1. The lowest BCUT2D eigenvalue weighted by Crippen LogP contribution is -2.38. The number of thiazole rings is 1. The van der Waals surface area contributed by atoms with Gasteiger partial charge in [-0.1, -0.05) is 28.9 Å². The van der Waals surface area contributed by atoms with Crippen LogP contribution >= 0.6 is 27.3 Å². The fourth-order valence-corrected chi connectivity index (χ4v) is 5.92. The van der Waals surface area contributed by atoms with Gasteiger partial charge in [-0.2, -0.15) is 0 Å². The number of hydrogen-bond donors (Lipinski definition) is 2. The van der Waals surface area contributed by atoms with Crippen LogP contribution in [-0.4, -0.2) is 64.9 Å². The molecule has 0 aliphatic carbocycles. The first-order valence-electron chi connectivity index (χ1n) is 11.8. The van der Waals surface area contributed by atoms with Crippen molar-refractivity contribution < 1.29 is 32.6 Å². The highest BCUT2D eigenvalue weighted by molar-refractivity contribution is 9.10. The summed E-state index contributed by atoms with van der Waals surface area (Å²) in [5, 5.41) is 14.8. The third-order valence-corrected chi connectivity index (χ3v) is 8.07. The number of halogens is 4. The molecule has 2 N–H and O–H groups in total. The van der Waals surface area contributed by atoms with Crippen LogP contribution in [0.4, 0.5) is 13.2 Å². The molecule has 1 saturated heterocycles. The highest BCUT2D eigenvalue weighted by Crippen LogP contribution is 2.39. The smallest absolute Gasteiger partial charge is 0.338 e. The predicted octanol–water partition coefficient (Wildman–Crippen LogP) is 4.77. The molecule has 1 unspecified atom stereocenters. The number of aliphatic carboxylic acids is 1. The number of alkyl halides is 2. The Morgan fingerprint density at radius 3 is 2.79 bits per heavy atom. The molecule has 0 saturated carbocycles. The highest BCUT2D eigenvalue weighted by atomic mass is 79.9. The Balaban J connectivity index is 1.70. The summed E-state index contributed by atoms with van der Waals surface area (Å²) in [7, 11) is 1.23. The van der Waals surface area contributed by atoms with Crippen molar-refractivity contribution in [3.63, 3.8) is 0 Å². The van der Waals surface area contributed by atoms with Crippen molar-refractivity contribution in [1.29, 1.82) is 0 Å². The van der Waals surface area contributed by atoms with Crippen molar-refractivity contribution in [1.82, 2.24) is 15.2 Å². The number of rotatable bonds is 9. The van der Waals surface area contributed by atoms with Gasteiger partial charge in [-0.3, -0.25) is 14.7 Å². The average molecular weight is 615 g/mol. The van der Waals surface area contributed by atoms with E-state index in [9.17, 15) is 27.9 Å². The van der Waals surface area contributed by atoms with Gasteiger partial charge in [0.2, 0.25) is 0 Å². The first-order valence-corrected chi connectivity index (χ1v) is 13.5. The number of carboxylic acids is 1. The van der Waals surface area contributed by atoms with Gasteiger partial charge in [-0.25, -0.2) is 22.9 Å². The third-order valence-electron chi connectivity index (χ3n) is 6.60. The van der Waals surface area contributed by atoms with E-state index >= 15 is 0 Å². The molecule has 1 fully saturated rings. The van der Waals surface area contributed by atoms with E-state index in [1.807, 2.05) is 0 Å². The Bertz CT molecular complexity index is 1270. The number of ether oxygens (including phenoxy) is 1. The number of aliphatic imine (C=N–C) groups is 1. The van der Waals surface area contributed by atoms with E-state index in [0.717, 1.165) is 0 Å². The zero-order valence-electron chi connectivity index (χ0n) is 20.6. The Kier molecular flexibility index (Phi) is 8.58. The second-order valence-electron chi connectivity index (χ2n) is 9.30. The van der Waals surface area contributed by atoms with Gasteiger partial charge in [-0.15, -0.1) is 11.3 Å². The fourth-order valence-electron chi connectivity index (χ4n) is 4.76. The van der Waals surface area contributed by atoms with E-state index in [0.29, 0.717) is 26.6 Å². The topological polar surface area (TPSA) is 104 Å². The van der Waals surface area contributed by atoms with Crippen LogP contribution in [-0.2, 0) is 14.3 Å². The van der Waals surface area contributed by atoms with Crippen LogP contribution in [0, 0.1) is 11.7 Å². The molecule has 38 heavy (non-hydrogen) atoms. The number of nitrogens with one attached hydrogen (secondary N) is 1. The number of hydrogen-bond acceptors (Lipinski definition) is 8. The summed E-state index contributed by atoms with van der Waals surface area (Å²) in [5.41, 5.74) is 1.10. The van der Waals surface area contributed by atoms with Crippen LogP contribution in [0.2, 0.25) is 0 Å². The summed E-state index contributed by atoms with van der Waals surface area (Å²) in [6.45, 7) is 1.13. The van der Waals surface area contributed by atoms with Crippen LogP contribution in [0.3, 0.4) is 0 Å². The maximum Gasteiger partial charge on any atom is 0.338 e. The number of carbonyl (C=O) groups excluding carboxylic acids is 1. The minimum absolute atomic E-state index is 0.0816. The number of aromatic nitrogens is 1. The second-order valence-corrected chi connectivity index (χ2v) is 11.1. The normalized spacial score (nSPS) is 22.1. The molecule has 204 valence electrons. The molecule has 0 amide bonds. The minimum Gasteiger partial charge on any atom is -0.481 e. The van der Waals surface area contributed by atoms with Crippen molar-refractivity contribution >= 4 is 45.0 Å². The van der Waals surface area contributed by atoms with Gasteiger partial charge in [0.05, 0.1) is 25.1 Å². The molecule has 1 aromatic heterocycles. The molecule has 13 heteroatoms. The summed E-state index contributed by atoms with van der Waals surface area (Å²) < 4.78 is 48.1. The lowest BCUT2D eigenvalue weighted by molar-refractivity contribution is -0.141. The number of carbonyl (C=O) groups is 2. The zero-order valence-corrected chi connectivity index (χ0v) is 23.0. The van der Waals surface area contributed by atoms with Gasteiger partial charge in [0, 0.05) is 47.2 Å². The Labute approximate surface area is 229 Å². The summed E-state index contributed by atoms with van der Waals surface area (Å²) in [4.78, 5) is 35.0. The molecular weight excluding hydrogens is 589 g/mol. The van der Waals surface area contributed by atoms with Crippen LogP contribution in [0.25, 0.3) is 0 Å². The molecule has 2 aliphatic rings. The lowest BCUT2D eigenvalue weighted by atomic mass is 9.94. The second kappa shape index (κ2) is 11.5. The molecule has 2 aliphatic heterocycles. The summed E-state index contributed by atoms with van der Waals surface area (Å²) >= 11 is 4.68. The van der Waals surface area contributed by atoms with Crippen LogP contribution in [0.15, 0.2) is 50.5 Å². The zero-order chi connectivity index (χ0) is 27.6. The SMILES string of the molecule is COC(=O)C1=C(CCN2CC(F)(F)C[C@H]2CC(C)C(=O)O)NC(c2nccs2)=N[C@H]1c1ccc(F)cc1Br. The molecule has 0 radical (unpaired) electrons. The summed E-state index contributed by atoms with van der Waals surface area (Å²) in [6, 6.07) is 2.54. The van der Waals surface area contributed by atoms with E-state index in [4.69, 9.17) is 9.73 Å². The third kappa shape index (κ3) is 6.26. The number of carboxylic acid groups (broad SMARTS) is 1. The first kappa shape index (κ1) is 28.2. The number of benzene rings is 1. The van der Waals surface area contributed by atoms with Crippen molar-refractivity contribution in [3.05, 3.63) is 61.9 Å². The van der Waals surface area contributed by atoms with Gasteiger partial charge >= 0.3 is 11.9 Å². The summed E-state index contributed by atoms with van der Waals surface area (Å²) in [6.07, 6.45) is 1.40. The standard InChI is InChI=1S/C25H26BrF3N4O4S/c1-13(23(34)35)9-15-11-25(28,29)12-33(15)7-5-18-19(24(36)37-2)20(16-4-3-14(27)10-17(16)26)32-21(31-18)22-30-6-8-38-22/h3-4,6,8,10,13,15,20H,5,7,9,11-12H2,1-2H3,(H,31,32)(H,34,35)/t13?,15-,20+/m1/s1. The Morgan fingerprint density at radius 1 is 1.39 bits per heavy atom. The van der Waals surface area contributed by atoms with Crippen LogP contribution in [0.1, 0.15) is 42.8 Å². The average Bonchev–Trinajstić information content (AvgIpc) is 3.49. The largest absolute Gasteiger partial charge is 0.481 e. The van der Waals surface area contributed by atoms with Gasteiger partial charge in [0.1, 0.15) is 11.9 Å². The number of amidine groups is 1. The minimum atomic E-state index is -2.95. The fraction of sp³-hybridized carbons (Fsp3) is 0.440. The van der Waals surface area contributed by atoms with E-state index in [1.54, 1.807) is 16.5 Å². The molecular formula is C25H26BrF3N4O4S. The van der Waals surface area contributed by atoms with Gasteiger partial charge in [0.25, 0.3) is 5.92 Å². The van der Waals surface area contributed by atoms with Gasteiger partial charge in [-0.05, 0) is 24.1 Å². The van der Waals surface area contributed by atoms with E-state index in [1.165, 1.54) is 43.6 Å².